The quantitative estimate of drug-likeness (QED) is 0.423. The molecule has 144 valence electrons. The third kappa shape index (κ3) is 12.1. The lowest BCUT2D eigenvalue weighted by Gasteiger charge is -2.14. The van der Waals surface area contributed by atoms with Crippen molar-refractivity contribution in [2.24, 2.45) is 5.92 Å². The van der Waals surface area contributed by atoms with E-state index in [2.05, 4.69) is 27.0 Å². The number of esters is 2. The van der Waals surface area contributed by atoms with Crippen molar-refractivity contribution in [2.45, 2.75) is 53.1 Å². The van der Waals surface area contributed by atoms with Crippen LogP contribution in [0.1, 0.15) is 52.0 Å². The van der Waals surface area contributed by atoms with E-state index in [0.717, 1.165) is 24.5 Å². The summed E-state index contributed by atoms with van der Waals surface area (Å²) in [6, 6.07) is 9.51. The molecule has 0 aliphatic rings. The summed E-state index contributed by atoms with van der Waals surface area (Å²) in [5.41, 5.74) is 1.46. The van der Waals surface area contributed by atoms with Gasteiger partial charge < -0.3 is 9.47 Å². The molecule has 0 saturated heterocycles. The van der Waals surface area contributed by atoms with E-state index in [-0.39, 0.29) is 11.9 Å². The fourth-order valence-electron chi connectivity index (χ4n) is 2.00. The Labute approximate surface area is 157 Å². The van der Waals surface area contributed by atoms with Crippen molar-refractivity contribution in [3.05, 3.63) is 60.7 Å². The summed E-state index contributed by atoms with van der Waals surface area (Å²) in [6.45, 7) is 13.7. The fraction of sp³-hybridized carbons (Fsp3) is 0.455. The third-order valence-corrected chi connectivity index (χ3v) is 3.73. The van der Waals surface area contributed by atoms with E-state index in [4.69, 9.17) is 9.47 Å². The minimum atomic E-state index is -0.390. The van der Waals surface area contributed by atoms with Crippen LogP contribution in [0.5, 0.6) is 0 Å². The van der Waals surface area contributed by atoms with Crippen LogP contribution in [0.15, 0.2) is 55.1 Å². The lowest BCUT2D eigenvalue weighted by Crippen LogP contribution is -2.14. The largest absolute Gasteiger partial charge is 0.462 e. The lowest BCUT2D eigenvalue weighted by atomic mass is 10.0. The molecule has 0 spiro atoms. The maximum absolute atomic E-state index is 11.1. The van der Waals surface area contributed by atoms with Crippen molar-refractivity contribution in [3.8, 4) is 0 Å². The van der Waals surface area contributed by atoms with Gasteiger partial charge in [0.15, 0.2) is 0 Å². The first kappa shape index (κ1) is 23.6. The summed E-state index contributed by atoms with van der Waals surface area (Å²) >= 11 is 0. The van der Waals surface area contributed by atoms with E-state index in [0.29, 0.717) is 24.7 Å². The fourth-order valence-corrected chi connectivity index (χ4v) is 2.00. The molecule has 1 aromatic rings. The molecule has 1 unspecified atom stereocenters. The van der Waals surface area contributed by atoms with E-state index < -0.39 is 0 Å². The molecule has 0 amide bonds. The second-order valence-corrected chi connectivity index (χ2v) is 6.09. The Morgan fingerprint density at radius 1 is 1.15 bits per heavy atom. The van der Waals surface area contributed by atoms with E-state index >= 15 is 0 Å². The molecule has 0 N–H and O–H groups in total. The predicted molar refractivity (Wildman–Crippen MR) is 106 cm³/mol. The number of rotatable bonds is 10. The van der Waals surface area contributed by atoms with Gasteiger partial charge in [-0.2, -0.15) is 0 Å². The van der Waals surface area contributed by atoms with Crippen molar-refractivity contribution in [3.63, 3.8) is 0 Å². The highest BCUT2D eigenvalue weighted by Gasteiger charge is 2.09. The number of hydrogen-bond acceptors (Lipinski definition) is 4. The first-order valence-electron chi connectivity index (χ1n) is 9.10. The second kappa shape index (κ2) is 14.9. The zero-order chi connectivity index (χ0) is 19.8. The van der Waals surface area contributed by atoms with Crippen molar-refractivity contribution < 1.29 is 19.1 Å². The molecule has 4 heteroatoms. The monoisotopic (exact) mass is 360 g/mol. The van der Waals surface area contributed by atoms with E-state index in [1.807, 2.05) is 30.3 Å². The van der Waals surface area contributed by atoms with Gasteiger partial charge in [0, 0.05) is 11.6 Å². The molecule has 1 rings (SSSR count). The molecule has 0 bridgehead atoms. The molecule has 0 radical (unpaired) electrons. The highest BCUT2D eigenvalue weighted by molar-refractivity contribution is 5.86. The molecule has 1 atom stereocenters. The summed E-state index contributed by atoms with van der Waals surface area (Å²) in [4.78, 5) is 21.8. The Morgan fingerprint density at radius 3 is 2.31 bits per heavy atom. The summed E-state index contributed by atoms with van der Waals surface area (Å²) in [7, 11) is 0. The molecule has 4 nitrogen and oxygen atoms in total. The van der Waals surface area contributed by atoms with Gasteiger partial charge in [-0.1, -0.05) is 76.6 Å². The molecular weight excluding hydrogens is 328 g/mol. The number of carbonyl (C=O) groups is 2. The molecule has 0 saturated carbocycles. The first-order chi connectivity index (χ1) is 12.4. The number of benzene rings is 1. The zero-order valence-electron chi connectivity index (χ0n) is 16.3. The number of ether oxygens (including phenoxy) is 2. The molecular formula is C22H32O4. The Balaban J connectivity index is 0.000000485. The summed E-state index contributed by atoms with van der Waals surface area (Å²) in [6.07, 6.45) is 5.79. The van der Waals surface area contributed by atoms with Crippen molar-refractivity contribution in [2.75, 3.05) is 6.61 Å². The van der Waals surface area contributed by atoms with Crippen LogP contribution in [0.4, 0.5) is 0 Å². The Bertz CT molecular complexity index is 549. The van der Waals surface area contributed by atoms with Crippen LogP contribution in [-0.4, -0.2) is 18.5 Å². The van der Waals surface area contributed by atoms with E-state index in [9.17, 15) is 9.59 Å². The van der Waals surface area contributed by atoms with Gasteiger partial charge >= 0.3 is 11.9 Å². The van der Waals surface area contributed by atoms with Gasteiger partial charge in [-0.15, -0.1) is 0 Å². The van der Waals surface area contributed by atoms with Crippen LogP contribution in [-0.2, 0) is 25.7 Å². The minimum Gasteiger partial charge on any atom is -0.462 e. The van der Waals surface area contributed by atoms with Crippen LogP contribution < -0.4 is 0 Å². The Morgan fingerprint density at radius 2 is 1.81 bits per heavy atom. The highest BCUT2D eigenvalue weighted by atomic mass is 16.5. The van der Waals surface area contributed by atoms with Gasteiger partial charge in [0.05, 0.1) is 6.61 Å². The lowest BCUT2D eigenvalue weighted by molar-refractivity contribution is -0.140. The Kier molecular flexibility index (Phi) is 13.6. The standard InChI is InChI=1S/C12H22O2.C10H10O2/c1-5-7-8-11(6-2)9-14-12(13)10(3)4;1-2-10(11)12-8-9-6-4-3-5-7-9/h11H,3,5-9H2,1-2,4H3;2-7H,1,8H2. The van der Waals surface area contributed by atoms with Gasteiger partial charge in [0.2, 0.25) is 0 Å². The van der Waals surface area contributed by atoms with Gasteiger partial charge in [0.25, 0.3) is 0 Å². The second-order valence-electron chi connectivity index (χ2n) is 6.09. The molecule has 0 aliphatic heterocycles. The number of carbonyl (C=O) groups excluding carboxylic acids is 2. The van der Waals surface area contributed by atoms with Gasteiger partial charge in [-0.25, -0.2) is 9.59 Å². The molecule has 0 aromatic heterocycles. The highest BCUT2D eigenvalue weighted by Crippen LogP contribution is 2.13. The minimum absolute atomic E-state index is 0.264. The van der Waals surface area contributed by atoms with Crippen LogP contribution in [0.25, 0.3) is 0 Å². The number of unbranched alkanes of at least 4 members (excludes halogenated alkanes) is 1. The smallest absolute Gasteiger partial charge is 0.333 e. The molecule has 0 fully saturated rings. The normalized spacial score (nSPS) is 10.7. The zero-order valence-corrected chi connectivity index (χ0v) is 16.3. The average Bonchev–Trinajstić information content (AvgIpc) is 2.67. The van der Waals surface area contributed by atoms with Gasteiger partial charge in [0.1, 0.15) is 6.61 Å². The van der Waals surface area contributed by atoms with E-state index in [1.165, 1.54) is 12.8 Å². The molecule has 1 aromatic carbocycles. The van der Waals surface area contributed by atoms with Crippen LogP contribution >= 0.6 is 0 Å². The topological polar surface area (TPSA) is 52.6 Å². The van der Waals surface area contributed by atoms with E-state index in [1.54, 1.807) is 6.92 Å². The predicted octanol–water partition coefficient (Wildman–Crippen LogP) is 5.24. The first-order valence-corrected chi connectivity index (χ1v) is 9.10. The Hall–Kier alpha value is -2.36. The molecule has 26 heavy (non-hydrogen) atoms. The van der Waals surface area contributed by atoms with Gasteiger partial charge in [-0.05, 0) is 24.8 Å². The summed E-state index contributed by atoms with van der Waals surface area (Å²) in [5, 5.41) is 0. The summed E-state index contributed by atoms with van der Waals surface area (Å²) in [5.74, 6) is -0.142. The van der Waals surface area contributed by atoms with Crippen molar-refractivity contribution in [1.29, 1.82) is 0 Å². The maximum Gasteiger partial charge on any atom is 0.333 e. The van der Waals surface area contributed by atoms with Crippen molar-refractivity contribution >= 4 is 11.9 Å². The maximum atomic E-state index is 11.1. The molecule has 0 heterocycles. The molecule has 0 aliphatic carbocycles. The van der Waals surface area contributed by atoms with Crippen LogP contribution in [0.3, 0.4) is 0 Å². The summed E-state index contributed by atoms with van der Waals surface area (Å²) < 4.78 is 9.94. The van der Waals surface area contributed by atoms with Crippen LogP contribution in [0, 0.1) is 5.92 Å². The van der Waals surface area contributed by atoms with Crippen LogP contribution in [0.2, 0.25) is 0 Å². The van der Waals surface area contributed by atoms with Gasteiger partial charge in [-0.3, -0.25) is 0 Å². The average molecular weight is 360 g/mol. The SMILES string of the molecule is C=C(C)C(=O)OCC(CC)CCCC.C=CC(=O)OCc1ccccc1. The number of hydrogen-bond donors (Lipinski definition) is 0. The van der Waals surface area contributed by atoms with Crippen molar-refractivity contribution in [1.82, 2.24) is 0 Å². The third-order valence-electron chi connectivity index (χ3n) is 3.73.